The lowest BCUT2D eigenvalue weighted by molar-refractivity contribution is -0.148. The highest BCUT2D eigenvalue weighted by molar-refractivity contribution is 6.42. The number of carbonyl (C=O) groups is 2. The van der Waals surface area contributed by atoms with Crippen LogP contribution in [-0.2, 0) is 14.3 Å². The zero-order chi connectivity index (χ0) is 19.3. The number of anilines is 1. The Balaban J connectivity index is 1.96. The van der Waals surface area contributed by atoms with Crippen LogP contribution in [0.5, 0.6) is 0 Å². The number of halogens is 4. The van der Waals surface area contributed by atoms with E-state index >= 15 is 0 Å². The molecule has 0 saturated carbocycles. The molecule has 0 bridgehead atoms. The Hall–Kier alpha value is -2.44. The van der Waals surface area contributed by atoms with Gasteiger partial charge in [-0.1, -0.05) is 35.3 Å². The van der Waals surface area contributed by atoms with E-state index in [2.05, 4.69) is 0 Å². The number of rotatable bonds is 5. The Morgan fingerprint density at radius 2 is 1.77 bits per heavy atom. The van der Waals surface area contributed by atoms with Crippen LogP contribution in [0.1, 0.15) is 12.5 Å². The zero-order valence-electron chi connectivity index (χ0n) is 13.4. The summed E-state index contributed by atoms with van der Waals surface area (Å²) in [6, 6.07) is 7.90. The lowest BCUT2D eigenvalue weighted by Gasteiger charge is -2.13. The van der Waals surface area contributed by atoms with Crippen molar-refractivity contribution >= 4 is 46.8 Å². The van der Waals surface area contributed by atoms with E-state index in [1.165, 1.54) is 13.0 Å². The van der Waals surface area contributed by atoms with Gasteiger partial charge in [0.1, 0.15) is 17.3 Å². The summed E-state index contributed by atoms with van der Waals surface area (Å²) in [7, 11) is 0. The van der Waals surface area contributed by atoms with Crippen molar-refractivity contribution in [2.75, 3.05) is 5.32 Å². The maximum absolute atomic E-state index is 13.5. The number of ether oxygens (including phenoxy) is 1. The van der Waals surface area contributed by atoms with Gasteiger partial charge in [-0.05, 0) is 42.8 Å². The van der Waals surface area contributed by atoms with Crippen molar-refractivity contribution in [1.82, 2.24) is 0 Å². The zero-order valence-corrected chi connectivity index (χ0v) is 14.9. The van der Waals surface area contributed by atoms with Crippen LogP contribution in [0.15, 0.2) is 42.5 Å². The second kappa shape index (κ2) is 8.78. The molecule has 1 N–H and O–H groups in total. The molecule has 2 aromatic carbocycles. The summed E-state index contributed by atoms with van der Waals surface area (Å²) in [5.74, 6) is -3.55. The molecular weight excluding hydrogens is 387 g/mol. The minimum absolute atomic E-state index is 0.321. The topological polar surface area (TPSA) is 55.4 Å². The number of hydrogen-bond donors (Lipinski definition) is 1. The predicted molar refractivity (Wildman–Crippen MR) is 96.0 cm³/mol. The summed E-state index contributed by atoms with van der Waals surface area (Å²) < 4.78 is 31.9. The number of nitrogens with one attached hydrogen (secondary N) is 1. The Kier molecular flexibility index (Phi) is 6.71. The van der Waals surface area contributed by atoms with Crippen LogP contribution >= 0.6 is 23.2 Å². The highest BCUT2D eigenvalue weighted by Gasteiger charge is 2.19. The van der Waals surface area contributed by atoms with Gasteiger partial charge in [0.2, 0.25) is 0 Å². The van der Waals surface area contributed by atoms with E-state index < -0.39 is 35.3 Å². The van der Waals surface area contributed by atoms with Crippen LogP contribution in [0, 0.1) is 11.6 Å². The average molecular weight is 400 g/mol. The van der Waals surface area contributed by atoms with Gasteiger partial charge in [-0.15, -0.1) is 0 Å². The van der Waals surface area contributed by atoms with Gasteiger partial charge in [0.05, 0.1) is 10.0 Å². The average Bonchev–Trinajstić information content (AvgIpc) is 2.59. The number of carbonyl (C=O) groups excluding carboxylic acids is 2. The normalized spacial score (nSPS) is 12.0. The molecule has 136 valence electrons. The van der Waals surface area contributed by atoms with Gasteiger partial charge < -0.3 is 10.1 Å². The Labute approximate surface area is 158 Å². The van der Waals surface area contributed by atoms with Crippen molar-refractivity contribution in [1.29, 1.82) is 0 Å². The Morgan fingerprint density at radius 1 is 1.12 bits per heavy atom. The lowest BCUT2D eigenvalue weighted by atomic mass is 10.2. The first-order chi connectivity index (χ1) is 12.3. The van der Waals surface area contributed by atoms with Gasteiger partial charge in [-0.3, -0.25) is 4.79 Å². The molecule has 0 spiro atoms. The van der Waals surface area contributed by atoms with Gasteiger partial charge in [0, 0.05) is 6.08 Å². The summed E-state index contributed by atoms with van der Waals surface area (Å²) in [5.41, 5.74) is -0.00590. The molecule has 0 aliphatic carbocycles. The number of amides is 1. The molecular formula is C18H13Cl2F2NO3. The van der Waals surface area contributed by atoms with E-state index in [0.717, 1.165) is 24.3 Å². The van der Waals surface area contributed by atoms with Crippen LogP contribution in [0.2, 0.25) is 10.0 Å². The van der Waals surface area contributed by atoms with E-state index in [-0.39, 0.29) is 0 Å². The SMILES string of the molecule is C[C@@H](OC(=O)/C=C/c1ccc(Cl)c(Cl)c1)C(=O)Nc1c(F)cccc1F. The highest BCUT2D eigenvalue weighted by atomic mass is 35.5. The van der Waals surface area contributed by atoms with Crippen molar-refractivity contribution in [3.63, 3.8) is 0 Å². The van der Waals surface area contributed by atoms with Crippen molar-refractivity contribution in [2.45, 2.75) is 13.0 Å². The second-order valence-corrected chi connectivity index (χ2v) is 5.99. The van der Waals surface area contributed by atoms with Gasteiger partial charge in [-0.2, -0.15) is 0 Å². The van der Waals surface area contributed by atoms with Crippen molar-refractivity contribution < 1.29 is 23.1 Å². The molecule has 0 heterocycles. The van der Waals surface area contributed by atoms with Crippen molar-refractivity contribution in [3.8, 4) is 0 Å². The summed E-state index contributed by atoms with van der Waals surface area (Å²) >= 11 is 11.7. The van der Waals surface area contributed by atoms with Gasteiger partial charge in [0.15, 0.2) is 6.10 Å². The summed E-state index contributed by atoms with van der Waals surface area (Å²) in [6.07, 6.45) is 1.25. The molecule has 0 fully saturated rings. The van der Waals surface area contributed by atoms with Gasteiger partial charge in [-0.25, -0.2) is 13.6 Å². The van der Waals surface area contributed by atoms with E-state index in [0.29, 0.717) is 15.6 Å². The van der Waals surface area contributed by atoms with E-state index in [4.69, 9.17) is 27.9 Å². The summed E-state index contributed by atoms with van der Waals surface area (Å²) in [5, 5.41) is 2.74. The summed E-state index contributed by atoms with van der Waals surface area (Å²) in [4.78, 5) is 23.7. The molecule has 2 aromatic rings. The molecule has 0 aliphatic heterocycles. The molecule has 0 radical (unpaired) electrons. The van der Waals surface area contributed by atoms with E-state index in [1.807, 2.05) is 5.32 Å². The van der Waals surface area contributed by atoms with Gasteiger partial charge in [0.25, 0.3) is 5.91 Å². The fourth-order valence-electron chi connectivity index (χ4n) is 1.89. The van der Waals surface area contributed by atoms with Crippen LogP contribution < -0.4 is 5.32 Å². The maximum atomic E-state index is 13.5. The third kappa shape index (κ3) is 5.28. The highest BCUT2D eigenvalue weighted by Crippen LogP contribution is 2.23. The molecule has 4 nitrogen and oxygen atoms in total. The second-order valence-electron chi connectivity index (χ2n) is 5.17. The molecule has 1 amide bonds. The molecule has 2 rings (SSSR count). The molecule has 26 heavy (non-hydrogen) atoms. The fourth-order valence-corrected chi connectivity index (χ4v) is 2.20. The third-order valence-corrected chi connectivity index (χ3v) is 3.97. The van der Waals surface area contributed by atoms with Crippen LogP contribution in [0.3, 0.4) is 0 Å². The number of esters is 1. The predicted octanol–water partition coefficient (Wildman–Crippen LogP) is 4.86. The number of para-hydroxylation sites is 1. The molecule has 0 saturated heterocycles. The summed E-state index contributed by atoms with van der Waals surface area (Å²) in [6.45, 7) is 1.28. The quantitative estimate of drug-likeness (QED) is 0.577. The van der Waals surface area contributed by atoms with Crippen molar-refractivity contribution in [2.24, 2.45) is 0 Å². The Bertz CT molecular complexity index is 851. The number of benzene rings is 2. The first-order valence-electron chi connectivity index (χ1n) is 7.36. The molecule has 1 atom stereocenters. The standard InChI is InChI=1S/C18H13Cl2F2NO3/c1-10(18(25)23-17-14(21)3-2-4-15(17)22)26-16(24)8-6-11-5-7-12(19)13(20)9-11/h2-10H,1H3,(H,23,25)/b8-6+/t10-/m1/s1. The first kappa shape index (κ1) is 19.9. The first-order valence-corrected chi connectivity index (χ1v) is 8.12. The van der Waals surface area contributed by atoms with Crippen LogP contribution in [-0.4, -0.2) is 18.0 Å². The van der Waals surface area contributed by atoms with Crippen LogP contribution in [0.4, 0.5) is 14.5 Å². The molecule has 0 unspecified atom stereocenters. The van der Waals surface area contributed by atoms with Crippen LogP contribution in [0.25, 0.3) is 6.08 Å². The van der Waals surface area contributed by atoms with Crippen molar-refractivity contribution in [3.05, 3.63) is 69.7 Å². The van der Waals surface area contributed by atoms with E-state index in [1.54, 1.807) is 18.2 Å². The minimum atomic E-state index is -1.26. The lowest BCUT2D eigenvalue weighted by Crippen LogP contribution is -2.30. The Morgan fingerprint density at radius 3 is 2.38 bits per heavy atom. The third-order valence-electron chi connectivity index (χ3n) is 3.23. The minimum Gasteiger partial charge on any atom is -0.449 e. The molecule has 8 heteroatoms. The smallest absolute Gasteiger partial charge is 0.331 e. The maximum Gasteiger partial charge on any atom is 0.331 e. The monoisotopic (exact) mass is 399 g/mol. The molecule has 0 aromatic heterocycles. The largest absolute Gasteiger partial charge is 0.449 e. The van der Waals surface area contributed by atoms with Gasteiger partial charge >= 0.3 is 5.97 Å². The molecule has 0 aliphatic rings. The van der Waals surface area contributed by atoms with E-state index in [9.17, 15) is 18.4 Å². The fraction of sp³-hybridized carbons (Fsp3) is 0.111. The number of hydrogen-bond acceptors (Lipinski definition) is 3.